The quantitative estimate of drug-likeness (QED) is 0.243. The monoisotopic (exact) mass is 518 g/mol. The number of aliphatic carboxylic acids is 1. The molecule has 0 bridgehead atoms. The van der Waals surface area contributed by atoms with Crippen LogP contribution in [0.3, 0.4) is 0 Å². The minimum atomic E-state index is -0.970. The Morgan fingerprint density at radius 2 is 1.95 bits per heavy atom. The third-order valence-electron chi connectivity index (χ3n) is 7.69. The highest BCUT2D eigenvalue weighted by molar-refractivity contribution is 5.83. The van der Waals surface area contributed by atoms with Crippen LogP contribution in [0.25, 0.3) is 0 Å². The van der Waals surface area contributed by atoms with Gasteiger partial charge in [0.25, 0.3) is 0 Å². The molecule has 0 spiro atoms. The van der Waals surface area contributed by atoms with Crippen LogP contribution in [0.1, 0.15) is 90.3 Å². The number of carboxylic acids is 1. The normalized spacial score (nSPS) is 14.4. The maximum atomic E-state index is 12.4. The van der Waals surface area contributed by atoms with Gasteiger partial charge in [0, 0.05) is 38.9 Å². The third kappa shape index (κ3) is 11.4. The van der Waals surface area contributed by atoms with E-state index in [1.54, 1.807) is 7.11 Å². The largest absolute Gasteiger partial charge is 0.480 e. The number of anilines is 1. The predicted octanol–water partition coefficient (Wildman–Crippen LogP) is 4.67. The van der Waals surface area contributed by atoms with Crippen LogP contribution < -0.4 is 10.6 Å². The SMILES string of the molecule is CCC(CC)CC(=O)NC(CCN(CCCCc1ccc2c(n1)NCCC2)CCC(C)(C)OC)C(=O)O. The Kier molecular flexibility index (Phi) is 13.4. The van der Waals surface area contributed by atoms with Crippen molar-refractivity contribution in [2.45, 2.75) is 104 Å². The van der Waals surface area contributed by atoms with E-state index in [0.717, 1.165) is 82.5 Å². The van der Waals surface area contributed by atoms with Crippen LogP contribution in [-0.4, -0.2) is 71.8 Å². The molecule has 3 N–H and O–H groups in total. The molecular weight excluding hydrogens is 468 g/mol. The van der Waals surface area contributed by atoms with Crippen LogP contribution in [0.2, 0.25) is 0 Å². The van der Waals surface area contributed by atoms with E-state index in [9.17, 15) is 14.7 Å². The van der Waals surface area contributed by atoms with Crippen molar-refractivity contribution < 1.29 is 19.4 Å². The standard InChI is InChI=1S/C29H50N4O4/c1-6-22(7-2)21-26(34)32-25(28(35)36)15-19-33(20-16-29(3,4)37-5)18-9-8-12-24-14-13-23-11-10-17-30-27(23)31-24/h13-14,22,25H,6-12,15-21H2,1-5H3,(H,30,31)(H,32,34)(H,35,36). The van der Waals surface area contributed by atoms with Crippen molar-refractivity contribution in [1.82, 2.24) is 15.2 Å². The highest BCUT2D eigenvalue weighted by Crippen LogP contribution is 2.21. The second-order valence-electron chi connectivity index (χ2n) is 11.0. The number of pyridine rings is 1. The smallest absolute Gasteiger partial charge is 0.326 e. The van der Waals surface area contributed by atoms with Gasteiger partial charge in [0.1, 0.15) is 11.9 Å². The number of aromatic nitrogens is 1. The number of rotatable bonds is 18. The number of hydrogen-bond donors (Lipinski definition) is 3. The van der Waals surface area contributed by atoms with E-state index in [-0.39, 0.29) is 11.5 Å². The molecule has 0 saturated heterocycles. The van der Waals surface area contributed by atoms with Crippen molar-refractivity contribution in [1.29, 1.82) is 0 Å². The average molecular weight is 519 g/mol. The first-order chi connectivity index (χ1) is 17.7. The maximum absolute atomic E-state index is 12.4. The van der Waals surface area contributed by atoms with E-state index < -0.39 is 12.0 Å². The fraction of sp³-hybridized carbons (Fsp3) is 0.759. The minimum absolute atomic E-state index is 0.166. The molecule has 1 aliphatic heterocycles. The molecule has 1 amide bonds. The van der Waals surface area contributed by atoms with Gasteiger partial charge in [0.2, 0.25) is 5.91 Å². The zero-order chi connectivity index (χ0) is 27.3. The lowest BCUT2D eigenvalue weighted by molar-refractivity contribution is -0.142. The molecule has 2 heterocycles. The van der Waals surface area contributed by atoms with Crippen LogP contribution in [0.15, 0.2) is 12.1 Å². The minimum Gasteiger partial charge on any atom is -0.480 e. The molecule has 37 heavy (non-hydrogen) atoms. The molecular formula is C29H50N4O4. The number of hydrogen-bond acceptors (Lipinski definition) is 6. The molecule has 1 unspecified atom stereocenters. The zero-order valence-corrected chi connectivity index (χ0v) is 23.8. The maximum Gasteiger partial charge on any atom is 0.326 e. The van der Waals surface area contributed by atoms with Crippen LogP contribution in [0.5, 0.6) is 0 Å². The van der Waals surface area contributed by atoms with Gasteiger partial charge in [-0.2, -0.15) is 0 Å². The molecule has 1 atom stereocenters. The van der Waals surface area contributed by atoms with E-state index >= 15 is 0 Å². The molecule has 2 rings (SSSR count). The van der Waals surface area contributed by atoms with Gasteiger partial charge in [-0.1, -0.05) is 32.8 Å². The number of carbonyl (C=O) groups excluding carboxylic acids is 1. The number of methoxy groups -OCH3 is 1. The fourth-order valence-corrected chi connectivity index (χ4v) is 4.68. The molecule has 8 heteroatoms. The first kappa shape index (κ1) is 31.0. The van der Waals surface area contributed by atoms with E-state index in [4.69, 9.17) is 9.72 Å². The van der Waals surface area contributed by atoms with Gasteiger partial charge in [-0.05, 0) is 82.9 Å². The molecule has 0 aliphatic carbocycles. The summed E-state index contributed by atoms with van der Waals surface area (Å²) < 4.78 is 5.60. The molecule has 1 aliphatic rings. The van der Waals surface area contributed by atoms with E-state index in [1.807, 2.05) is 0 Å². The number of nitrogens with zero attached hydrogens (tertiary/aromatic N) is 2. The number of unbranched alkanes of at least 4 members (excludes halogenated alkanes) is 1. The molecule has 210 valence electrons. The van der Waals surface area contributed by atoms with Crippen LogP contribution in [0, 0.1) is 5.92 Å². The topological polar surface area (TPSA) is 104 Å². The molecule has 1 aromatic heterocycles. The number of amides is 1. The fourth-order valence-electron chi connectivity index (χ4n) is 4.68. The van der Waals surface area contributed by atoms with Gasteiger partial charge in [0.15, 0.2) is 0 Å². The molecule has 0 aromatic carbocycles. The number of aryl methyl sites for hydroxylation is 2. The summed E-state index contributed by atoms with van der Waals surface area (Å²) in [7, 11) is 1.72. The van der Waals surface area contributed by atoms with Crippen LogP contribution in [0.4, 0.5) is 5.82 Å². The summed E-state index contributed by atoms with van der Waals surface area (Å²) >= 11 is 0. The summed E-state index contributed by atoms with van der Waals surface area (Å²) in [6, 6.07) is 3.48. The van der Waals surface area contributed by atoms with Gasteiger partial charge < -0.3 is 25.4 Å². The van der Waals surface area contributed by atoms with Gasteiger partial charge >= 0.3 is 5.97 Å². The van der Waals surface area contributed by atoms with Crippen LogP contribution >= 0.6 is 0 Å². The lowest BCUT2D eigenvalue weighted by Crippen LogP contribution is -2.44. The Balaban J connectivity index is 1.89. The number of ether oxygens (including phenoxy) is 1. The predicted molar refractivity (Wildman–Crippen MR) is 149 cm³/mol. The lowest BCUT2D eigenvalue weighted by Gasteiger charge is -2.29. The highest BCUT2D eigenvalue weighted by atomic mass is 16.5. The Morgan fingerprint density at radius 1 is 1.19 bits per heavy atom. The second-order valence-corrected chi connectivity index (χ2v) is 11.0. The van der Waals surface area contributed by atoms with Crippen molar-refractivity contribution in [3.05, 3.63) is 23.4 Å². The van der Waals surface area contributed by atoms with Crippen molar-refractivity contribution in [2.24, 2.45) is 5.92 Å². The first-order valence-electron chi connectivity index (χ1n) is 14.2. The summed E-state index contributed by atoms with van der Waals surface area (Å²) in [5.74, 6) is 0.197. The number of fused-ring (bicyclic) bond motifs is 1. The van der Waals surface area contributed by atoms with Crippen LogP contribution in [-0.2, 0) is 27.2 Å². The van der Waals surface area contributed by atoms with Gasteiger partial charge in [-0.25, -0.2) is 9.78 Å². The number of carboxylic acid groups (broad SMARTS) is 1. The Hall–Kier alpha value is -2.19. The van der Waals surface area contributed by atoms with Crippen molar-refractivity contribution in [3.8, 4) is 0 Å². The molecule has 0 fully saturated rings. The first-order valence-corrected chi connectivity index (χ1v) is 14.2. The summed E-state index contributed by atoms with van der Waals surface area (Å²) in [5, 5.41) is 15.9. The van der Waals surface area contributed by atoms with Crippen molar-refractivity contribution in [3.63, 3.8) is 0 Å². The molecule has 0 radical (unpaired) electrons. The summed E-state index contributed by atoms with van der Waals surface area (Å²) in [5.41, 5.74) is 2.18. The second kappa shape index (κ2) is 15.9. The van der Waals surface area contributed by atoms with Gasteiger partial charge in [-0.3, -0.25) is 4.79 Å². The summed E-state index contributed by atoms with van der Waals surface area (Å²) in [4.78, 5) is 31.5. The Morgan fingerprint density at radius 3 is 2.62 bits per heavy atom. The highest BCUT2D eigenvalue weighted by Gasteiger charge is 2.23. The van der Waals surface area contributed by atoms with E-state index in [1.165, 1.54) is 5.56 Å². The van der Waals surface area contributed by atoms with Gasteiger partial charge in [-0.15, -0.1) is 0 Å². The molecule has 8 nitrogen and oxygen atoms in total. The number of nitrogens with one attached hydrogen (secondary N) is 2. The zero-order valence-electron chi connectivity index (χ0n) is 23.8. The summed E-state index contributed by atoms with van der Waals surface area (Å²) in [6.07, 6.45) is 8.65. The lowest BCUT2D eigenvalue weighted by atomic mass is 9.99. The third-order valence-corrected chi connectivity index (χ3v) is 7.69. The molecule has 1 aromatic rings. The Labute approximate surface area is 223 Å². The van der Waals surface area contributed by atoms with Gasteiger partial charge in [0.05, 0.1) is 5.60 Å². The number of carbonyl (C=O) groups is 2. The Bertz CT molecular complexity index is 841. The molecule has 0 saturated carbocycles. The summed E-state index contributed by atoms with van der Waals surface area (Å²) in [6.45, 7) is 11.6. The van der Waals surface area contributed by atoms with Crippen molar-refractivity contribution >= 4 is 17.7 Å². The van der Waals surface area contributed by atoms with Crippen molar-refractivity contribution in [2.75, 3.05) is 38.6 Å². The van der Waals surface area contributed by atoms with E-state index in [2.05, 4.69) is 55.4 Å². The van der Waals surface area contributed by atoms with E-state index in [0.29, 0.717) is 25.3 Å². The average Bonchev–Trinajstić information content (AvgIpc) is 2.89.